The maximum absolute atomic E-state index is 12.4. The molecular weight excluding hydrogens is 310 g/mol. The summed E-state index contributed by atoms with van der Waals surface area (Å²) < 4.78 is 0. The predicted molar refractivity (Wildman–Crippen MR) is 91.3 cm³/mol. The Hall–Kier alpha value is -2.57. The van der Waals surface area contributed by atoms with Gasteiger partial charge in [-0.25, -0.2) is 4.79 Å². The number of fused-ring (bicyclic) bond motifs is 1. The van der Waals surface area contributed by atoms with Crippen LogP contribution >= 0.6 is 0 Å². The van der Waals surface area contributed by atoms with Gasteiger partial charge in [0.25, 0.3) is 5.91 Å². The van der Waals surface area contributed by atoms with Gasteiger partial charge in [-0.2, -0.15) is 0 Å². The Morgan fingerprint density at radius 3 is 2.71 bits per heavy atom. The lowest BCUT2D eigenvalue weighted by atomic mass is 10.0. The zero-order chi connectivity index (χ0) is 17.9. The zero-order valence-corrected chi connectivity index (χ0v) is 14.1. The van der Waals surface area contributed by atoms with E-state index in [4.69, 9.17) is 0 Å². The topological polar surface area (TPSA) is 98.7 Å². The van der Waals surface area contributed by atoms with Gasteiger partial charge < -0.3 is 20.6 Å². The minimum atomic E-state index is -1.06. The van der Waals surface area contributed by atoms with E-state index in [0.29, 0.717) is 30.6 Å². The normalized spacial score (nSPS) is 15.3. The molecule has 130 valence electrons. The van der Waals surface area contributed by atoms with E-state index in [0.717, 1.165) is 5.69 Å². The third kappa shape index (κ3) is 4.24. The number of aliphatic carboxylic acids is 1. The van der Waals surface area contributed by atoms with Crippen LogP contribution in [0.2, 0.25) is 0 Å². The van der Waals surface area contributed by atoms with Crippen LogP contribution < -0.4 is 15.5 Å². The van der Waals surface area contributed by atoms with Crippen LogP contribution in [0.4, 0.5) is 11.4 Å². The lowest BCUT2D eigenvalue weighted by Gasteiger charge is -2.20. The van der Waals surface area contributed by atoms with E-state index in [9.17, 15) is 19.5 Å². The lowest BCUT2D eigenvalue weighted by Crippen LogP contribution is -2.41. The Balaban J connectivity index is 2.21. The molecule has 7 nitrogen and oxygen atoms in total. The molecule has 0 spiro atoms. The van der Waals surface area contributed by atoms with Crippen molar-refractivity contribution in [1.29, 1.82) is 0 Å². The second-order valence-corrected chi connectivity index (χ2v) is 6.45. The van der Waals surface area contributed by atoms with E-state index in [1.807, 2.05) is 25.8 Å². The summed E-state index contributed by atoms with van der Waals surface area (Å²) in [5.41, 5.74) is 1.71. The van der Waals surface area contributed by atoms with E-state index >= 15 is 0 Å². The average molecular weight is 333 g/mol. The first-order valence-corrected chi connectivity index (χ1v) is 7.96. The Morgan fingerprint density at radius 2 is 2.08 bits per heavy atom. The second-order valence-electron chi connectivity index (χ2n) is 6.45. The van der Waals surface area contributed by atoms with Crippen LogP contribution in [0.5, 0.6) is 0 Å². The van der Waals surface area contributed by atoms with Gasteiger partial charge in [-0.1, -0.05) is 13.8 Å². The van der Waals surface area contributed by atoms with Crippen molar-refractivity contribution in [3.8, 4) is 0 Å². The number of carboxylic acids is 1. The van der Waals surface area contributed by atoms with Crippen molar-refractivity contribution in [2.24, 2.45) is 5.92 Å². The standard InChI is InChI=1S/C17H23N3O4/c1-10(2)8-13(17(23)24)19-16(22)11-4-5-14-12(9-11)18-15(21)6-7-20(14)3/h4-5,9-10,13H,6-8H2,1-3H3,(H,18,21)(H,19,22)(H,23,24). The van der Waals surface area contributed by atoms with Gasteiger partial charge in [0.15, 0.2) is 0 Å². The minimum Gasteiger partial charge on any atom is -0.480 e. The minimum absolute atomic E-state index is 0.110. The van der Waals surface area contributed by atoms with Crippen molar-refractivity contribution in [1.82, 2.24) is 5.32 Å². The molecule has 0 radical (unpaired) electrons. The van der Waals surface area contributed by atoms with Crippen molar-refractivity contribution < 1.29 is 19.5 Å². The number of nitrogens with one attached hydrogen (secondary N) is 2. The molecule has 2 rings (SSSR count). The van der Waals surface area contributed by atoms with Crippen molar-refractivity contribution in [2.75, 3.05) is 23.8 Å². The van der Waals surface area contributed by atoms with Crippen LogP contribution in [0.3, 0.4) is 0 Å². The third-order valence-electron chi connectivity index (χ3n) is 3.93. The van der Waals surface area contributed by atoms with Crippen LogP contribution in [0.1, 0.15) is 37.0 Å². The predicted octanol–water partition coefficient (Wildman–Crippen LogP) is 1.69. The summed E-state index contributed by atoms with van der Waals surface area (Å²) in [6.07, 6.45) is 0.730. The summed E-state index contributed by atoms with van der Waals surface area (Å²) in [7, 11) is 1.88. The molecule has 2 amide bonds. The van der Waals surface area contributed by atoms with Gasteiger partial charge in [0.1, 0.15) is 6.04 Å². The SMILES string of the molecule is CC(C)CC(NC(=O)c1ccc2c(c1)NC(=O)CCN2C)C(=O)O. The highest BCUT2D eigenvalue weighted by molar-refractivity contribution is 6.01. The van der Waals surface area contributed by atoms with Crippen molar-refractivity contribution in [2.45, 2.75) is 32.7 Å². The largest absolute Gasteiger partial charge is 0.480 e. The number of nitrogens with zero attached hydrogens (tertiary/aromatic N) is 1. The second kappa shape index (κ2) is 7.33. The number of hydrogen-bond donors (Lipinski definition) is 3. The molecular formula is C17H23N3O4. The molecule has 1 unspecified atom stereocenters. The number of rotatable bonds is 5. The lowest BCUT2D eigenvalue weighted by molar-refractivity contribution is -0.139. The quantitative estimate of drug-likeness (QED) is 0.762. The number of carbonyl (C=O) groups is 3. The average Bonchev–Trinajstić information content (AvgIpc) is 2.64. The molecule has 1 heterocycles. The zero-order valence-electron chi connectivity index (χ0n) is 14.1. The van der Waals surface area contributed by atoms with Crippen molar-refractivity contribution in [3.63, 3.8) is 0 Å². The number of carboxylic acid groups (broad SMARTS) is 1. The summed E-state index contributed by atoms with van der Waals surface area (Å²) in [5, 5.41) is 14.6. The molecule has 24 heavy (non-hydrogen) atoms. The summed E-state index contributed by atoms with van der Waals surface area (Å²) >= 11 is 0. The number of anilines is 2. The smallest absolute Gasteiger partial charge is 0.326 e. The van der Waals surface area contributed by atoms with E-state index < -0.39 is 17.9 Å². The van der Waals surface area contributed by atoms with Gasteiger partial charge in [-0.15, -0.1) is 0 Å². The molecule has 1 aromatic rings. The fourth-order valence-electron chi connectivity index (χ4n) is 2.65. The van der Waals surface area contributed by atoms with Crippen molar-refractivity contribution in [3.05, 3.63) is 23.8 Å². The van der Waals surface area contributed by atoms with Gasteiger partial charge in [0, 0.05) is 25.6 Å². The number of amides is 2. The van der Waals surface area contributed by atoms with Crippen molar-refractivity contribution >= 4 is 29.2 Å². The Bertz CT molecular complexity index is 657. The van der Waals surface area contributed by atoms with E-state index in [1.54, 1.807) is 18.2 Å². The fourth-order valence-corrected chi connectivity index (χ4v) is 2.65. The first-order chi connectivity index (χ1) is 11.3. The maximum Gasteiger partial charge on any atom is 0.326 e. The number of hydrogen-bond acceptors (Lipinski definition) is 4. The highest BCUT2D eigenvalue weighted by atomic mass is 16.4. The van der Waals surface area contributed by atoms with E-state index in [1.165, 1.54) is 0 Å². The molecule has 0 saturated heterocycles. The molecule has 0 aliphatic carbocycles. The molecule has 0 bridgehead atoms. The Kier molecular flexibility index (Phi) is 5.43. The van der Waals surface area contributed by atoms with Gasteiger partial charge in [0.05, 0.1) is 11.4 Å². The van der Waals surface area contributed by atoms with E-state index in [2.05, 4.69) is 10.6 Å². The first kappa shape index (κ1) is 17.8. The first-order valence-electron chi connectivity index (χ1n) is 7.96. The Morgan fingerprint density at radius 1 is 1.38 bits per heavy atom. The highest BCUT2D eigenvalue weighted by Crippen LogP contribution is 2.28. The summed E-state index contributed by atoms with van der Waals surface area (Å²) in [5.74, 6) is -1.49. The number of benzene rings is 1. The summed E-state index contributed by atoms with van der Waals surface area (Å²) in [6.45, 7) is 4.39. The molecule has 1 aromatic carbocycles. The van der Waals surface area contributed by atoms with Crippen LogP contribution in [-0.4, -0.2) is 42.5 Å². The molecule has 7 heteroatoms. The van der Waals surface area contributed by atoms with Gasteiger partial charge >= 0.3 is 5.97 Å². The molecule has 0 fully saturated rings. The Labute approximate surface area is 141 Å². The van der Waals surface area contributed by atoms with E-state index in [-0.39, 0.29) is 11.8 Å². The molecule has 0 aromatic heterocycles. The molecule has 1 aliphatic heterocycles. The molecule has 0 saturated carbocycles. The third-order valence-corrected chi connectivity index (χ3v) is 3.93. The highest BCUT2D eigenvalue weighted by Gasteiger charge is 2.23. The van der Waals surface area contributed by atoms with Gasteiger partial charge in [-0.05, 0) is 30.5 Å². The molecule has 1 aliphatic rings. The van der Waals surface area contributed by atoms with Gasteiger partial charge in [-0.3, -0.25) is 9.59 Å². The monoisotopic (exact) mass is 333 g/mol. The maximum atomic E-state index is 12.4. The fraction of sp³-hybridized carbons (Fsp3) is 0.471. The number of carbonyl (C=O) groups excluding carboxylic acids is 2. The van der Waals surface area contributed by atoms with Crippen LogP contribution in [0, 0.1) is 5.92 Å². The molecule has 1 atom stereocenters. The van der Waals surface area contributed by atoms with Crippen LogP contribution in [0.15, 0.2) is 18.2 Å². The van der Waals surface area contributed by atoms with Gasteiger partial charge in [0.2, 0.25) is 5.91 Å². The summed E-state index contributed by atoms with van der Waals surface area (Å²) in [4.78, 5) is 37.3. The van der Waals surface area contributed by atoms with Crippen LogP contribution in [-0.2, 0) is 9.59 Å². The molecule has 3 N–H and O–H groups in total. The van der Waals surface area contributed by atoms with Crippen LogP contribution in [0.25, 0.3) is 0 Å². The summed E-state index contributed by atoms with van der Waals surface area (Å²) in [6, 6.07) is 4.04.